The standard InChI is InChI=1S/C15H28N4/c1-5-6-7-8-19(4)15-17-11-14(12-18-15)10-16-9-13(2)3/h11-13,16H,5-10H2,1-4H3. The number of rotatable bonds is 9. The van der Waals surface area contributed by atoms with Gasteiger partial charge in [0.15, 0.2) is 0 Å². The average Bonchev–Trinajstić information content (AvgIpc) is 2.39. The van der Waals surface area contributed by atoms with E-state index in [4.69, 9.17) is 0 Å². The van der Waals surface area contributed by atoms with Gasteiger partial charge < -0.3 is 10.2 Å². The van der Waals surface area contributed by atoms with Crippen LogP contribution in [0.5, 0.6) is 0 Å². The van der Waals surface area contributed by atoms with Crippen LogP contribution in [0.4, 0.5) is 5.95 Å². The van der Waals surface area contributed by atoms with E-state index in [0.29, 0.717) is 5.92 Å². The molecule has 4 heteroatoms. The smallest absolute Gasteiger partial charge is 0.224 e. The molecule has 0 unspecified atom stereocenters. The first-order chi connectivity index (χ1) is 9.13. The summed E-state index contributed by atoms with van der Waals surface area (Å²) in [6.07, 6.45) is 7.56. The molecule has 0 saturated heterocycles. The maximum absolute atomic E-state index is 4.43. The molecule has 0 bridgehead atoms. The molecule has 1 aromatic rings. The second kappa shape index (κ2) is 8.86. The zero-order chi connectivity index (χ0) is 14.1. The SMILES string of the molecule is CCCCCN(C)c1ncc(CNCC(C)C)cn1. The third-order valence-electron chi connectivity index (χ3n) is 3.01. The highest BCUT2D eigenvalue weighted by atomic mass is 15.2. The van der Waals surface area contributed by atoms with Gasteiger partial charge in [-0.3, -0.25) is 0 Å². The fourth-order valence-electron chi connectivity index (χ4n) is 1.84. The quantitative estimate of drug-likeness (QED) is 0.696. The van der Waals surface area contributed by atoms with Crippen molar-refractivity contribution in [3.05, 3.63) is 18.0 Å². The second-order valence-electron chi connectivity index (χ2n) is 5.54. The van der Waals surface area contributed by atoms with Crippen LogP contribution in [0.25, 0.3) is 0 Å². The molecule has 0 radical (unpaired) electrons. The maximum atomic E-state index is 4.43. The van der Waals surface area contributed by atoms with Crippen molar-refractivity contribution in [2.24, 2.45) is 5.92 Å². The minimum atomic E-state index is 0.671. The maximum Gasteiger partial charge on any atom is 0.224 e. The van der Waals surface area contributed by atoms with Gasteiger partial charge in [-0.2, -0.15) is 0 Å². The number of hydrogen-bond acceptors (Lipinski definition) is 4. The van der Waals surface area contributed by atoms with Crippen molar-refractivity contribution in [1.82, 2.24) is 15.3 Å². The number of anilines is 1. The largest absolute Gasteiger partial charge is 0.344 e. The Bertz CT molecular complexity index is 335. The Morgan fingerprint density at radius 3 is 2.47 bits per heavy atom. The summed E-state index contributed by atoms with van der Waals surface area (Å²) in [7, 11) is 2.06. The lowest BCUT2D eigenvalue weighted by molar-refractivity contribution is 0.551. The van der Waals surface area contributed by atoms with Gasteiger partial charge in [0, 0.05) is 38.1 Å². The van der Waals surface area contributed by atoms with Crippen LogP contribution in [0.3, 0.4) is 0 Å². The Balaban J connectivity index is 2.37. The van der Waals surface area contributed by atoms with Crippen LogP contribution in [0.1, 0.15) is 45.6 Å². The molecule has 0 saturated carbocycles. The molecule has 1 aromatic heterocycles. The summed E-state index contributed by atoms with van der Waals surface area (Å²) in [5.74, 6) is 1.49. The van der Waals surface area contributed by atoms with Gasteiger partial charge in [-0.25, -0.2) is 9.97 Å². The van der Waals surface area contributed by atoms with Gasteiger partial charge in [-0.15, -0.1) is 0 Å². The van der Waals surface area contributed by atoms with E-state index in [1.165, 1.54) is 19.3 Å². The van der Waals surface area contributed by atoms with Crippen LogP contribution in [0, 0.1) is 5.92 Å². The normalized spacial score (nSPS) is 11.0. The Kier molecular flexibility index (Phi) is 7.41. The van der Waals surface area contributed by atoms with Crippen molar-refractivity contribution in [3.8, 4) is 0 Å². The molecule has 0 aliphatic heterocycles. The number of unbranched alkanes of at least 4 members (excludes halogenated alkanes) is 2. The molecule has 0 fully saturated rings. The minimum absolute atomic E-state index is 0.671. The van der Waals surface area contributed by atoms with Gasteiger partial charge in [0.25, 0.3) is 0 Å². The van der Waals surface area contributed by atoms with Crippen LogP contribution >= 0.6 is 0 Å². The third-order valence-corrected chi connectivity index (χ3v) is 3.01. The Morgan fingerprint density at radius 2 is 1.89 bits per heavy atom. The van der Waals surface area contributed by atoms with Crippen LogP contribution in [-0.2, 0) is 6.54 Å². The molecule has 0 aromatic carbocycles. The van der Waals surface area contributed by atoms with Crippen molar-refractivity contribution in [3.63, 3.8) is 0 Å². The summed E-state index contributed by atoms with van der Waals surface area (Å²) in [4.78, 5) is 11.0. The van der Waals surface area contributed by atoms with Gasteiger partial charge in [0.1, 0.15) is 0 Å². The lowest BCUT2D eigenvalue weighted by Gasteiger charge is -2.16. The molecule has 0 aliphatic rings. The van der Waals surface area contributed by atoms with E-state index in [0.717, 1.165) is 31.1 Å². The van der Waals surface area contributed by atoms with Gasteiger partial charge >= 0.3 is 0 Å². The number of hydrogen-bond donors (Lipinski definition) is 1. The highest BCUT2D eigenvalue weighted by molar-refractivity contribution is 5.28. The average molecular weight is 264 g/mol. The number of aromatic nitrogens is 2. The fourth-order valence-corrected chi connectivity index (χ4v) is 1.84. The molecule has 0 amide bonds. The van der Waals surface area contributed by atoms with Gasteiger partial charge in [0.05, 0.1) is 0 Å². The molecular weight excluding hydrogens is 236 g/mol. The Hall–Kier alpha value is -1.16. The number of nitrogens with one attached hydrogen (secondary N) is 1. The summed E-state index contributed by atoms with van der Waals surface area (Å²) < 4.78 is 0. The van der Waals surface area contributed by atoms with Gasteiger partial charge in [0.2, 0.25) is 5.95 Å². The highest BCUT2D eigenvalue weighted by Crippen LogP contribution is 2.07. The predicted octanol–water partition coefficient (Wildman–Crippen LogP) is 2.85. The Labute approximate surface area is 117 Å². The van der Waals surface area contributed by atoms with E-state index in [1.807, 2.05) is 12.4 Å². The van der Waals surface area contributed by atoms with Crippen LogP contribution in [0.2, 0.25) is 0 Å². The van der Waals surface area contributed by atoms with Crippen molar-refractivity contribution in [2.75, 3.05) is 25.0 Å². The van der Waals surface area contributed by atoms with E-state index in [9.17, 15) is 0 Å². The summed E-state index contributed by atoms with van der Waals surface area (Å²) in [6.45, 7) is 9.53. The van der Waals surface area contributed by atoms with Crippen molar-refractivity contribution >= 4 is 5.95 Å². The second-order valence-corrected chi connectivity index (χ2v) is 5.54. The van der Waals surface area contributed by atoms with Crippen molar-refractivity contribution < 1.29 is 0 Å². The summed E-state index contributed by atoms with van der Waals surface area (Å²) in [5, 5.41) is 3.40. The monoisotopic (exact) mass is 264 g/mol. The zero-order valence-corrected chi connectivity index (χ0v) is 12.8. The van der Waals surface area contributed by atoms with Crippen LogP contribution in [-0.4, -0.2) is 30.1 Å². The zero-order valence-electron chi connectivity index (χ0n) is 12.8. The summed E-state index contributed by atoms with van der Waals surface area (Å²) in [6, 6.07) is 0. The number of nitrogens with zero attached hydrogens (tertiary/aromatic N) is 3. The summed E-state index contributed by atoms with van der Waals surface area (Å²) >= 11 is 0. The highest BCUT2D eigenvalue weighted by Gasteiger charge is 2.03. The Morgan fingerprint density at radius 1 is 1.21 bits per heavy atom. The lowest BCUT2D eigenvalue weighted by Crippen LogP contribution is -2.22. The summed E-state index contributed by atoms with van der Waals surface area (Å²) in [5.41, 5.74) is 1.14. The molecule has 1 rings (SSSR count). The van der Waals surface area contributed by atoms with E-state index in [2.05, 4.69) is 48.0 Å². The molecule has 1 N–H and O–H groups in total. The van der Waals surface area contributed by atoms with E-state index >= 15 is 0 Å². The molecule has 0 atom stereocenters. The molecule has 1 heterocycles. The molecule has 4 nitrogen and oxygen atoms in total. The van der Waals surface area contributed by atoms with E-state index < -0.39 is 0 Å². The third kappa shape index (κ3) is 6.53. The minimum Gasteiger partial charge on any atom is -0.344 e. The van der Waals surface area contributed by atoms with Gasteiger partial charge in [-0.1, -0.05) is 33.6 Å². The van der Waals surface area contributed by atoms with Crippen LogP contribution in [0.15, 0.2) is 12.4 Å². The fraction of sp³-hybridized carbons (Fsp3) is 0.733. The van der Waals surface area contributed by atoms with Crippen molar-refractivity contribution in [1.29, 1.82) is 0 Å². The first-order valence-corrected chi connectivity index (χ1v) is 7.36. The van der Waals surface area contributed by atoms with E-state index in [-0.39, 0.29) is 0 Å². The predicted molar refractivity (Wildman–Crippen MR) is 81.4 cm³/mol. The van der Waals surface area contributed by atoms with Crippen LogP contribution < -0.4 is 10.2 Å². The molecule has 19 heavy (non-hydrogen) atoms. The molecule has 108 valence electrons. The lowest BCUT2D eigenvalue weighted by atomic mass is 10.2. The molecular formula is C15H28N4. The van der Waals surface area contributed by atoms with E-state index in [1.54, 1.807) is 0 Å². The topological polar surface area (TPSA) is 41.1 Å². The first-order valence-electron chi connectivity index (χ1n) is 7.36. The van der Waals surface area contributed by atoms with Gasteiger partial charge in [-0.05, 0) is 18.9 Å². The first kappa shape index (κ1) is 15.9. The molecule has 0 aliphatic carbocycles. The molecule has 0 spiro atoms. The van der Waals surface area contributed by atoms with Crippen molar-refractivity contribution in [2.45, 2.75) is 46.6 Å².